The number of rotatable bonds is 4. The van der Waals surface area contributed by atoms with Crippen LogP contribution in [0.5, 0.6) is 0 Å². The van der Waals surface area contributed by atoms with Crippen LogP contribution in [0.2, 0.25) is 0 Å². The smallest absolute Gasteiger partial charge is 0.165 e. The predicted molar refractivity (Wildman–Crippen MR) is 79.9 cm³/mol. The standard InChI is InChI=1S/C15H19FN6/c16-14-2-1-3-17-15(14)21-10-12-8-20(9-13(12)11-21)6-7-22-5-4-18-19-22/h1-5,12-13H,6-11H2. The molecule has 2 aliphatic heterocycles. The van der Waals surface area contributed by atoms with Crippen molar-refractivity contribution < 1.29 is 4.39 Å². The van der Waals surface area contributed by atoms with Gasteiger partial charge in [0.05, 0.1) is 12.7 Å². The zero-order valence-electron chi connectivity index (χ0n) is 12.3. The first-order valence-electron chi connectivity index (χ1n) is 7.71. The summed E-state index contributed by atoms with van der Waals surface area (Å²) in [6.07, 6.45) is 5.26. The lowest BCUT2D eigenvalue weighted by atomic mass is 10.0. The lowest BCUT2D eigenvalue weighted by Gasteiger charge is -2.22. The van der Waals surface area contributed by atoms with Gasteiger partial charge in [-0.05, 0) is 24.0 Å². The van der Waals surface area contributed by atoms with Crippen LogP contribution in [-0.4, -0.2) is 57.6 Å². The monoisotopic (exact) mass is 302 g/mol. The van der Waals surface area contributed by atoms with E-state index in [0.29, 0.717) is 17.7 Å². The second kappa shape index (κ2) is 5.64. The minimum atomic E-state index is -0.217. The minimum absolute atomic E-state index is 0.217. The lowest BCUT2D eigenvalue weighted by Crippen LogP contribution is -2.31. The quantitative estimate of drug-likeness (QED) is 0.839. The zero-order valence-corrected chi connectivity index (χ0v) is 12.3. The number of hydrogen-bond donors (Lipinski definition) is 0. The van der Waals surface area contributed by atoms with Crippen LogP contribution in [0, 0.1) is 17.7 Å². The van der Waals surface area contributed by atoms with Crippen LogP contribution in [0.15, 0.2) is 30.7 Å². The van der Waals surface area contributed by atoms with E-state index in [0.717, 1.165) is 39.3 Å². The molecule has 2 aromatic rings. The largest absolute Gasteiger partial charge is 0.354 e. The first-order valence-corrected chi connectivity index (χ1v) is 7.71. The number of halogens is 1. The van der Waals surface area contributed by atoms with Gasteiger partial charge in [0.1, 0.15) is 0 Å². The van der Waals surface area contributed by atoms with Gasteiger partial charge in [-0.1, -0.05) is 5.21 Å². The van der Waals surface area contributed by atoms with Gasteiger partial charge in [-0.15, -0.1) is 5.10 Å². The Hall–Kier alpha value is -2.02. The van der Waals surface area contributed by atoms with Crippen molar-refractivity contribution in [1.82, 2.24) is 24.9 Å². The van der Waals surface area contributed by atoms with Crippen LogP contribution < -0.4 is 4.90 Å². The van der Waals surface area contributed by atoms with E-state index in [4.69, 9.17) is 0 Å². The van der Waals surface area contributed by atoms with E-state index in [9.17, 15) is 4.39 Å². The van der Waals surface area contributed by atoms with E-state index in [2.05, 4.69) is 25.1 Å². The second-order valence-electron chi connectivity index (χ2n) is 6.16. The first kappa shape index (κ1) is 13.6. The lowest BCUT2D eigenvalue weighted by molar-refractivity contribution is 0.295. The highest BCUT2D eigenvalue weighted by molar-refractivity contribution is 5.41. The van der Waals surface area contributed by atoms with E-state index in [-0.39, 0.29) is 5.82 Å². The number of likely N-dealkylation sites (tertiary alicyclic amines) is 1. The van der Waals surface area contributed by atoms with Gasteiger partial charge < -0.3 is 9.80 Å². The molecule has 0 radical (unpaired) electrons. The van der Waals surface area contributed by atoms with Crippen molar-refractivity contribution in [1.29, 1.82) is 0 Å². The van der Waals surface area contributed by atoms with Crippen molar-refractivity contribution >= 4 is 5.82 Å². The van der Waals surface area contributed by atoms with Crippen LogP contribution in [0.3, 0.4) is 0 Å². The molecule has 4 rings (SSSR count). The number of hydrogen-bond acceptors (Lipinski definition) is 5. The summed E-state index contributed by atoms with van der Waals surface area (Å²) in [6.45, 7) is 5.82. The van der Waals surface area contributed by atoms with Gasteiger partial charge in [0, 0.05) is 45.1 Å². The molecule has 0 aliphatic carbocycles. The van der Waals surface area contributed by atoms with Crippen molar-refractivity contribution in [2.45, 2.75) is 6.54 Å². The molecule has 116 valence electrons. The molecule has 2 aliphatic rings. The minimum Gasteiger partial charge on any atom is -0.354 e. The maximum atomic E-state index is 13.8. The summed E-state index contributed by atoms with van der Waals surface area (Å²) in [6, 6.07) is 3.13. The van der Waals surface area contributed by atoms with Gasteiger partial charge >= 0.3 is 0 Å². The molecular formula is C15H19FN6. The molecule has 6 nitrogen and oxygen atoms in total. The van der Waals surface area contributed by atoms with E-state index in [1.165, 1.54) is 6.07 Å². The van der Waals surface area contributed by atoms with Crippen LogP contribution in [0.1, 0.15) is 0 Å². The van der Waals surface area contributed by atoms with Gasteiger partial charge in [-0.3, -0.25) is 4.68 Å². The Bertz CT molecular complexity index is 617. The predicted octanol–water partition coefficient (Wildman–Crippen LogP) is 0.880. The van der Waals surface area contributed by atoms with Crippen LogP contribution in [0.25, 0.3) is 0 Å². The Kier molecular flexibility index (Phi) is 3.49. The fourth-order valence-electron chi connectivity index (χ4n) is 3.65. The van der Waals surface area contributed by atoms with Gasteiger partial charge in [-0.25, -0.2) is 9.37 Å². The highest BCUT2D eigenvalue weighted by Gasteiger charge is 2.40. The normalized spacial score (nSPS) is 24.9. The molecular weight excluding hydrogens is 283 g/mol. The maximum absolute atomic E-state index is 13.8. The maximum Gasteiger partial charge on any atom is 0.165 e. The highest BCUT2D eigenvalue weighted by Crippen LogP contribution is 2.33. The summed E-state index contributed by atoms with van der Waals surface area (Å²) >= 11 is 0. The molecule has 22 heavy (non-hydrogen) atoms. The third kappa shape index (κ3) is 2.56. The molecule has 2 unspecified atom stereocenters. The molecule has 2 aromatic heterocycles. The molecule has 0 N–H and O–H groups in total. The third-order valence-corrected chi connectivity index (χ3v) is 4.72. The Labute approximate surface area is 128 Å². The average Bonchev–Trinajstić information content (AvgIpc) is 3.21. The number of anilines is 1. The molecule has 2 saturated heterocycles. The van der Waals surface area contributed by atoms with E-state index >= 15 is 0 Å². The average molecular weight is 302 g/mol. The van der Waals surface area contributed by atoms with Gasteiger partial charge in [-0.2, -0.15) is 0 Å². The molecule has 2 fully saturated rings. The molecule has 2 atom stereocenters. The summed E-state index contributed by atoms with van der Waals surface area (Å²) in [5, 5.41) is 7.81. The molecule has 7 heteroatoms. The Morgan fingerprint density at radius 1 is 1.09 bits per heavy atom. The Morgan fingerprint density at radius 3 is 2.59 bits per heavy atom. The molecule has 0 saturated carbocycles. The van der Waals surface area contributed by atoms with Crippen molar-refractivity contribution in [2.24, 2.45) is 11.8 Å². The Morgan fingerprint density at radius 2 is 1.91 bits per heavy atom. The SMILES string of the molecule is Fc1cccnc1N1CC2CN(CCn3ccnn3)CC2C1. The molecule has 4 heterocycles. The summed E-state index contributed by atoms with van der Waals surface area (Å²) < 4.78 is 15.7. The molecule has 0 bridgehead atoms. The van der Waals surface area contributed by atoms with Crippen molar-refractivity contribution in [2.75, 3.05) is 37.6 Å². The van der Waals surface area contributed by atoms with Crippen molar-refractivity contribution in [3.63, 3.8) is 0 Å². The fraction of sp³-hybridized carbons (Fsp3) is 0.533. The topological polar surface area (TPSA) is 50.1 Å². The van der Waals surface area contributed by atoms with Crippen molar-refractivity contribution in [3.05, 3.63) is 36.5 Å². The molecule has 0 spiro atoms. The van der Waals surface area contributed by atoms with Gasteiger partial charge in [0.15, 0.2) is 11.6 Å². The summed E-state index contributed by atoms with van der Waals surface area (Å²) in [5.74, 6) is 1.51. The number of aromatic nitrogens is 4. The summed E-state index contributed by atoms with van der Waals surface area (Å²) in [7, 11) is 0. The number of pyridine rings is 1. The van der Waals surface area contributed by atoms with Gasteiger partial charge in [0.25, 0.3) is 0 Å². The van der Waals surface area contributed by atoms with E-state index in [1.807, 2.05) is 10.9 Å². The van der Waals surface area contributed by atoms with Crippen LogP contribution in [-0.2, 0) is 6.54 Å². The number of fused-ring (bicyclic) bond motifs is 1. The van der Waals surface area contributed by atoms with Crippen LogP contribution >= 0.6 is 0 Å². The Balaban J connectivity index is 1.34. The second-order valence-corrected chi connectivity index (χ2v) is 6.16. The number of nitrogens with zero attached hydrogens (tertiary/aromatic N) is 6. The van der Waals surface area contributed by atoms with Crippen LogP contribution in [0.4, 0.5) is 10.2 Å². The van der Waals surface area contributed by atoms with E-state index in [1.54, 1.807) is 18.5 Å². The third-order valence-electron chi connectivity index (χ3n) is 4.72. The molecule has 0 amide bonds. The molecule has 0 aromatic carbocycles. The highest BCUT2D eigenvalue weighted by atomic mass is 19.1. The van der Waals surface area contributed by atoms with E-state index < -0.39 is 0 Å². The van der Waals surface area contributed by atoms with Gasteiger partial charge in [0.2, 0.25) is 0 Å². The fourth-order valence-corrected chi connectivity index (χ4v) is 3.65. The first-order chi connectivity index (χ1) is 10.8. The summed E-state index contributed by atoms with van der Waals surface area (Å²) in [5.41, 5.74) is 0. The van der Waals surface area contributed by atoms with Crippen molar-refractivity contribution in [3.8, 4) is 0 Å². The zero-order chi connectivity index (χ0) is 14.9. The summed E-state index contributed by atoms with van der Waals surface area (Å²) in [4.78, 5) is 8.77.